The Bertz CT molecular complexity index is 262. The van der Waals surface area contributed by atoms with E-state index in [1.54, 1.807) is 0 Å². The maximum Gasteiger partial charge on any atom is 0.330 e. The number of carbonyl (C=O) groups is 1. The lowest BCUT2D eigenvalue weighted by molar-refractivity contribution is -0.149. The zero-order valence-electron chi connectivity index (χ0n) is 8.58. The summed E-state index contributed by atoms with van der Waals surface area (Å²) in [5, 5.41) is 3.28. The molecule has 2 rings (SSSR count). The topological polar surface area (TPSA) is 38.3 Å². The summed E-state index contributed by atoms with van der Waals surface area (Å²) in [6, 6.07) is 0.397. The summed E-state index contributed by atoms with van der Waals surface area (Å²) in [7, 11) is 0. The number of ether oxygens (including phenoxy) is 1. The quantitative estimate of drug-likeness (QED) is 0.418. The third-order valence-electron chi connectivity index (χ3n) is 3.00. The molecule has 3 heteroatoms. The summed E-state index contributed by atoms with van der Waals surface area (Å²) in [5.74, 6) is -0.0952. The van der Waals surface area contributed by atoms with Crippen molar-refractivity contribution < 1.29 is 9.53 Å². The lowest BCUT2D eigenvalue weighted by Gasteiger charge is -2.21. The maximum atomic E-state index is 11.8. The van der Waals surface area contributed by atoms with Gasteiger partial charge in [-0.2, -0.15) is 0 Å². The average molecular weight is 195 g/mol. The Hall–Kier alpha value is -0.830. The molecule has 0 aromatic carbocycles. The number of rotatable bonds is 4. The van der Waals surface area contributed by atoms with Gasteiger partial charge >= 0.3 is 5.97 Å². The van der Waals surface area contributed by atoms with Gasteiger partial charge in [0.2, 0.25) is 0 Å². The Morgan fingerprint density at radius 3 is 3.07 bits per heavy atom. The van der Waals surface area contributed by atoms with Gasteiger partial charge in [-0.25, -0.2) is 4.79 Å². The van der Waals surface area contributed by atoms with Crippen molar-refractivity contribution in [3.8, 4) is 0 Å². The van der Waals surface area contributed by atoms with Gasteiger partial charge in [-0.15, -0.1) is 0 Å². The Balaban J connectivity index is 1.88. The van der Waals surface area contributed by atoms with Crippen LogP contribution in [0.1, 0.15) is 32.6 Å². The van der Waals surface area contributed by atoms with Crippen molar-refractivity contribution in [2.45, 2.75) is 44.2 Å². The second-order valence-electron chi connectivity index (χ2n) is 4.11. The summed E-state index contributed by atoms with van der Waals surface area (Å²) < 4.78 is 5.23. The van der Waals surface area contributed by atoms with Crippen molar-refractivity contribution >= 4 is 5.97 Å². The van der Waals surface area contributed by atoms with E-state index >= 15 is 0 Å². The van der Waals surface area contributed by atoms with Crippen LogP contribution in [0.3, 0.4) is 0 Å². The Labute approximate surface area is 84.5 Å². The lowest BCUT2D eigenvalue weighted by atomic mass is 9.94. The summed E-state index contributed by atoms with van der Waals surface area (Å²) >= 11 is 0. The molecule has 1 N–H and O–H groups in total. The molecular weight excluding hydrogens is 178 g/mol. The molecule has 0 spiro atoms. The second kappa shape index (κ2) is 3.73. The molecule has 3 nitrogen and oxygen atoms in total. The third-order valence-corrected chi connectivity index (χ3v) is 3.00. The SMILES string of the molecule is CCCCOC(=O)C12C=CC(CC1)N2. The highest BCUT2D eigenvalue weighted by molar-refractivity contribution is 5.85. The van der Waals surface area contributed by atoms with Crippen LogP contribution in [-0.4, -0.2) is 24.2 Å². The van der Waals surface area contributed by atoms with Crippen LogP contribution in [0, 0.1) is 0 Å². The van der Waals surface area contributed by atoms with E-state index in [0.717, 1.165) is 25.7 Å². The molecule has 2 bridgehead atoms. The van der Waals surface area contributed by atoms with Gasteiger partial charge in [-0.1, -0.05) is 25.5 Å². The molecule has 0 aromatic heterocycles. The van der Waals surface area contributed by atoms with Crippen LogP contribution in [0.25, 0.3) is 0 Å². The van der Waals surface area contributed by atoms with Crippen molar-refractivity contribution in [2.24, 2.45) is 0 Å². The van der Waals surface area contributed by atoms with Crippen molar-refractivity contribution in [3.63, 3.8) is 0 Å². The minimum Gasteiger partial charge on any atom is -0.464 e. The van der Waals surface area contributed by atoms with E-state index in [0.29, 0.717) is 12.6 Å². The molecule has 78 valence electrons. The maximum absolute atomic E-state index is 11.8. The van der Waals surface area contributed by atoms with Gasteiger partial charge in [0.05, 0.1) is 6.61 Å². The normalized spacial score (nSPS) is 33.6. The van der Waals surface area contributed by atoms with Gasteiger partial charge in [0.25, 0.3) is 0 Å². The highest BCUT2D eigenvalue weighted by Crippen LogP contribution is 2.32. The molecular formula is C11H17NO2. The van der Waals surface area contributed by atoms with Gasteiger partial charge in [0.1, 0.15) is 5.54 Å². The smallest absolute Gasteiger partial charge is 0.330 e. The molecule has 0 amide bonds. The average Bonchev–Trinajstić information content (AvgIpc) is 2.78. The predicted molar refractivity (Wildman–Crippen MR) is 53.9 cm³/mol. The first-order valence-corrected chi connectivity index (χ1v) is 5.41. The van der Waals surface area contributed by atoms with Crippen LogP contribution in [0.4, 0.5) is 0 Å². The van der Waals surface area contributed by atoms with E-state index < -0.39 is 5.54 Å². The summed E-state index contributed by atoms with van der Waals surface area (Å²) in [6.07, 6.45) is 8.00. The van der Waals surface area contributed by atoms with E-state index in [4.69, 9.17) is 4.74 Å². The van der Waals surface area contributed by atoms with Crippen molar-refractivity contribution in [1.82, 2.24) is 5.32 Å². The van der Waals surface area contributed by atoms with Gasteiger partial charge in [0.15, 0.2) is 0 Å². The number of nitrogens with one attached hydrogen (secondary N) is 1. The molecule has 2 aliphatic rings. The van der Waals surface area contributed by atoms with Crippen molar-refractivity contribution in [3.05, 3.63) is 12.2 Å². The van der Waals surface area contributed by atoms with Crippen LogP contribution < -0.4 is 5.32 Å². The zero-order valence-corrected chi connectivity index (χ0v) is 8.58. The number of carbonyl (C=O) groups excluding carboxylic acids is 1. The first-order chi connectivity index (χ1) is 6.77. The number of fused-ring (bicyclic) bond motifs is 2. The highest BCUT2D eigenvalue weighted by atomic mass is 16.5. The first kappa shape index (κ1) is 9.71. The molecule has 0 radical (unpaired) electrons. The number of hydrogen-bond acceptors (Lipinski definition) is 3. The molecule has 0 saturated carbocycles. The van der Waals surface area contributed by atoms with Crippen molar-refractivity contribution in [2.75, 3.05) is 6.61 Å². The molecule has 0 aliphatic carbocycles. The standard InChI is InChI=1S/C11H17NO2/c1-2-3-8-14-10(13)11-6-4-9(12-11)5-7-11/h4,6,9,12H,2-3,5,7-8H2,1H3. The Morgan fingerprint density at radius 1 is 1.71 bits per heavy atom. The zero-order chi connectivity index (χ0) is 10.0. The van der Waals surface area contributed by atoms with E-state index in [9.17, 15) is 4.79 Å². The fourth-order valence-electron chi connectivity index (χ4n) is 2.08. The summed E-state index contributed by atoms with van der Waals surface area (Å²) in [5.41, 5.74) is -0.474. The van der Waals surface area contributed by atoms with Gasteiger partial charge < -0.3 is 4.74 Å². The second-order valence-corrected chi connectivity index (χ2v) is 4.11. The third kappa shape index (κ3) is 1.57. The molecule has 1 fully saturated rings. The van der Waals surface area contributed by atoms with Gasteiger partial charge in [0, 0.05) is 6.04 Å². The van der Waals surface area contributed by atoms with Crippen LogP contribution in [0.5, 0.6) is 0 Å². The van der Waals surface area contributed by atoms with Crippen LogP contribution in [0.2, 0.25) is 0 Å². The van der Waals surface area contributed by atoms with Crippen LogP contribution >= 0.6 is 0 Å². The van der Waals surface area contributed by atoms with Gasteiger partial charge in [-0.05, 0) is 19.3 Å². The Morgan fingerprint density at radius 2 is 2.57 bits per heavy atom. The van der Waals surface area contributed by atoms with E-state index in [1.165, 1.54) is 0 Å². The molecule has 1 saturated heterocycles. The van der Waals surface area contributed by atoms with Crippen LogP contribution in [0.15, 0.2) is 12.2 Å². The minimum absolute atomic E-state index is 0.0952. The monoisotopic (exact) mass is 195 g/mol. The highest BCUT2D eigenvalue weighted by Gasteiger charge is 2.47. The van der Waals surface area contributed by atoms with Crippen molar-refractivity contribution in [1.29, 1.82) is 0 Å². The molecule has 2 unspecified atom stereocenters. The number of unbranched alkanes of at least 4 members (excludes halogenated alkanes) is 1. The summed E-state index contributed by atoms with van der Waals surface area (Å²) in [6.45, 7) is 2.64. The first-order valence-electron chi connectivity index (χ1n) is 5.41. The fraction of sp³-hybridized carbons (Fsp3) is 0.727. The Kier molecular flexibility index (Phi) is 2.59. The largest absolute Gasteiger partial charge is 0.464 e. The van der Waals surface area contributed by atoms with E-state index in [-0.39, 0.29) is 5.97 Å². The fourth-order valence-corrected chi connectivity index (χ4v) is 2.08. The molecule has 2 heterocycles. The molecule has 0 aromatic rings. The van der Waals surface area contributed by atoms with Gasteiger partial charge in [-0.3, -0.25) is 5.32 Å². The minimum atomic E-state index is -0.474. The molecule has 2 atom stereocenters. The van der Waals surface area contributed by atoms with E-state index in [2.05, 4.69) is 18.3 Å². The molecule has 14 heavy (non-hydrogen) atoms. The van der Waals surface area contributed by atoms with E-state index in [1.807, 2.05) is 6.08 Å². The molecule has 2 aliphatic heterocycles. The predicted octanol–water partition coefficient (Wildman–Crippen LogP) is 1.39. The summed E-state index contributed by atoms with van der Waals surface area (Å²) in [4.78, 5) is 11.8. The van der Waals surface area contributed by atoms with Crippen LogP contribution in [-0.2, 0) is 9.53 Å². The number of esters is 1. The number of hydrogen-bond donors (Lipinski definition) is 1. The lowest BCUT2D eigenvalue weighted by Crippen LogP contribution is -2.45.